The summed E-state index contributed by atoms with van der Waals surface area (Å²) in [7, 11) is 0. The van der Waals surface area contributed by atoms with Crippen molar-refractivity contribution in [1.29, 1.82) is 5.41 Å². The van der Waals surface area contributed by atoms with E-state index in [1.165, 1.54) is 0 Å². The Balaban J connectivity index is 1.96. The molecule has 2 rings (SSSR count). The number of ether oxygens (including phenoxy) is 1. The Hall–Kier alpha value is -3.75. The first kappa shape index (κ1) is 23.5. The van der Waals surface area contributed by atoms with Gasteiger partial charge in [-0.25, -0.2) is 0 Å². The Bertz CT molecular complexity index is 904. The summed E-state index contributed by atoms with van der Waals surface area (Å²) in [6.07, 6.45) is 4.22. The molecule has 0 aliphatic rings. The molecule has 1 amide bonds. The molecule has 164 valence electrons. The van der Waals surface area contributed by atoms with Gasteiger partial charge in [-0.3, -0.25) is 20.0 Å². The standard InChI is InChI=1S/C22H27N5O4/c1-2-31-21(30)12-19(16-6-4-10-25-13-16)27-20(29)9-8-18(14-28)26-17-7-3-5-15(11-17)22(23)24/h3-7,10-11,13-14,18-19,26H,2,8-9,12H2,1H3,(H3,23,24)(H,27,29). The van der Waals surface area contributed by atoms with Crippen LogP contribution in [0.2, 0.25) is 0 Å². The van der Waals surface area contributed by atoms with Crippen LogP contribution in [0.15, 0.2) is 48.8 Å². The van der Waals surface area contributed by atoms with Crippen LogP contribution in [0.4, 0.5) is 5.69 Å². The lowest BCUT2D eigenvalue weighted by atomic mass is 10.0. The van der Waals surface area contributed by atoms with E-state index in [2.05, 4.69) is 15.6 Å². The van der Waals surface area contributed by atoms with E-state index >= 15 is 0 Å². The molecule has 1 heterocycles. The third-order valence-corrected chi connectivity index (χ3v) is 4.47. The smallest absolute Gasteiger partial charge is 0.308 e. The number of amides is 1. The molecule has 0 saturated heterocycles. The third kappa shape index (κ3) is 7.88. The number of nitrogen functional groups attached to an aromatic ring is 1. The number of aromatic nitrogens is 1. The first-order valence-electron chi connectivity index (χ1n) is 9.94. The first-order valence-corrected chi connectivity index (χ1v) is 9.94. The second-order valence-electron chi connectivity index (χ2n) is 6.84. The van der Waals surface area contributed by atoms with E-state index in [-0.39, 0.29) is 37.6 Å². The van der Waals surface area contributed by atoms with Crippen LogP contribution < -0.4 is 16.4 Å². The number of carbonyl (C=O) groups is 3. The van der Waals surface area contributed by atoms with Gasteiger partial charge in [0.15, 0.2) is 0 Å². The number of esters is 1. The average Bonchev–Trinajstić information content (AvgIpc) is 2.77. The van der Waals surface area contributed by atoms with Gasteiger partial charge in [0.2, 0.25) is 5.91 Å². The van der Waals surface area contributed by atoms with Crippen LogP contribution in [0.3, 0.4) is 0 Å². The van der Waals surface area contributed by atoms with E-state index in [0.29, 0.717) is 16.8 Å². The SMILES string of the molecule is CCOC(=O)CC(NC(=O)CCC(C=O)Nc1cccc(C(=N)N)c1)c1cccnc1. The highest BCUT2D eigenvalue weighted by Gasteiger charge is 2.20. The molecule has 0 spiro atoms. The Labute approximate surface area is 180 Å². The Kier molecular flexibility index (Phi) is 9.15. The van der Waals surface area contributed by atoms with E-state index in [1.807, 2.05) is 0 Å². The van der Waals surface area contributed by atoms with Crippen LogP contribution in [-0.2, 0) is 19.1 Å². The molecule has 0 radical (unpaired) electrons. The molecule has 0 aliphatic carbocycles. The quantitative estimate of drug-likeness (QED) is 0.176. The summed E-state index contributed by atoms with van der Waals surface area (Å²) in [6.45, 7) is 1.97. The molecule has 2 aromatic rings. The lowest BCUT2D eigenvalue weighted by Gasteiger charge is -2.19. The predicted molar refractivity (Wildman–Crippen MR) is 117 cm³/mol. The molecule has 0 aliphatic heterocycles. The Morgan fingerprint density at radius 1 is 1.29 bits per heavy atom. The van der Waals surface area contributed by atoms with Gasteiger partial charge in [0.1, 0.15) is 12.1 Å². The molecule has 9 heteroatoms. The number of hydrogen-bond donors (Lipinski definition) is 4. The maximum Gasteiger partial charge on any atom is 0.308 e. The van der Waals surface area contributed by atoms with E-state index in [4.69, 9.17) is 15.9 Å². The van der Waals surface area contributed by atoms with Gasteiger partial charge < -0.3 is 25.9 Å². The molecule has 1 aromatic heterocycles. The summed E-state index contributed by atoms with van der Waals surface area (Å²) >= 11 is 0. The molecule has 0 bridgehead atoms. The number of amidine groups is 1. The van der Waals surface area contributed by atoms with Gasteiger partial charge in [-0.15, -0.1) is 0 Å². The van der Waals surface area contributed by atoms with Gasteiger partial charge in [0.05, 0.1) is 25.1 Å². The van der Waals surface area contributed by atoms with Crippen LogP contribution in [0, 0.1) is 5.41 Å². The zero-order chi connectivity index (χ0) is 22.6. The summed E-state index contributed by atoms with van der Waals surface area (Å²) in [5.41, 5.74) is 7.34. The molecule has 1 aromatic carbocycles. The summed E-state index contributed by atoms with van der Waals surface area (Å²) in [5.74, 6) is -0.799. The minimum Gasteiger partial charge on any atom is -0.466 e. The van der Waals surface area contributed by atoms with E-state index in [1.54, 1.807) is 55.7 Å². The van der Waals surface area contributed by atoms with Crippen molar-refractivity contribution >= 4 is 29.7 Å². The highest BCUT2D eigenvalue weighted by molar-refractivity contribution is 5.95. The van der Waals surface area contributed by atoms with Crippen molar-refractivity contribution in [3.05, 3.63) is 59.9 Å². The van der Waals surface area contributed by atoms with E-state index in [9.17, 15) is 14.4 Å². The second-order valence-corrected chi connectivity index (χ2v) is 6.84. The molecule has 31 heavy (non-hydrogen) atoms. The number of hydrogen-bond acceptors (Lipinski definition) is 7. The van der Waals surface area contributed by atoms with Gasteiger partial charge in [0.25, 0.3) is 0 Å². The predicted octanol–water partition coefficient (Wildman–Crippen LogP) is 1.94. The largest absolute Gasteiger partial charge is 0.466 e. The number of rotatable bonds is 12. The molecule has 0 fully saturated rings. The van der Waals surface area contributed by atoms with Crippen LogP contribution in [0.1, 0.15) is 43.4 Å². The van der Waals surface area contributed by atoms with Crippen molar-refractivity contribution in [2.75, 3.05) is 11.9 Å². The van der Waals surface area contributed by atoms with Crippen molar-refractivity contribution in [2.24, 2.45) is 5.73 Å². The van der Waals surface area contributed by atoms with E-state index < -0.39 is 18.1 Å². The van der Waals surface area contributed by atoms with Crippen molar-refractivity contribution in [3.8, 4) is 0 Å². The Morgan fingerprint density at radius 2 is 2.10 bits per heavy atom. The Morgan fingerprint density at radius 3 is 2.74 bits per heavy atom. The number of benzene rings is 1. The highest BCUT2D eigenvalue weighted by Crippen LogP contribution is 2.17. The van der Waals surface area contributed by atoms with Crippen molar-refractivity contribution in [1.82, 2.24) is 10.3 Å². The maximum absolute atomic E-state index is 12.5. The molecular formula is C22H27N5O4. The minimum absolute atomic E-state index is 0.0154. The normalized spacial score (nSPS) is 12.3. The highest BCUT2D eigenvalue weighted by atomic mass is 16.5. The molecular weight excluding hydrogens is 398 g/mol. The fourth-order valence-electron chi connectivity index (χ4n) is 2.94. The number of pyridine rings is 1. The third-order valence-electron chi connectivity index (χ3n) is 4.47. The maximum atomic E-state index is 12.5. The average molecular weight is 425 g/mol. The van der Waals surface area contributed by atoms with Crippen LogP contribution in [0.25, 0.3) is 0 Å². The van der Waals surface area contributed by atoms with Crippen molar-refractivity contribution in [3.63, 3.8) is 0 Å². The molecule has 2 atom stereocenters. The topological polar surface area (TPSA) is 147 Å². The van der Waals surface area contributed by atoms with Gasteiger partial charge in [-0.1, -0.05) is 18.2 Å². The number of anilines is 1. The van der Waals surface area contributed by atoms with Crippen LogP contribution in [0.5, 0.6) is 0 Å². The number of nitrogens with zero attached hydrogens (tertiary/aromatic N) is 1. The molecule has 9 nitrogen and oxygen atoms in total. The van der Waals surface area contributed by atoms with Gasteiger partial charge in [-0.2, -0.15) is 0 Å². The number of nitrogens with two attached hydrogens (primary N) is 1. The summed E-state index contributed by atoms with van der Waals surface area (Å²) in [6, 6.07) is 9.15. The monoisotopic (exact) mass is 425 g/mol. The number of aldehydes is 1. The fraction of sp³-hybridized carbons (Fsp3) is 0.318. The lowest BCUT2D eigenvalue weighted by molar-refractivity contribution is -0.143. The lowest BCUT2D eigenvalue weighted by Crippen LogP contribution is -2.32. The van der Waals surface area contributed by atoms with Gasteiger partial charge >= 0.3 is 5.97 Å². The molecule has 0 saturated carbocycles. The number of nitrogens with one attached hydrogen (secondary N) is 3. The molecule has 5 N–H and O–H groups in total. The zero-order valence-corrected chi connectivity index (χ0v) is 17.3. The molecule has 2 unspecified atom stereocenters. The van der Waals surface area contributed by atoms with E-state index in [0.717, 1.165) is 6.29 Å². The summed E-state index contributed by atoms with van der Waals surface area (Å²) in [4.78, 5) is 39.9. The summed E-state index contributed by atoms with van der Waals surface area (Å²) < 4.78 is 4.99. The fourth-order valence-corrected chi connectivity index (χ4v) is 2.94. The van der Waals surface area contributed by atoms with Crippen molar-refractivity contribution < 1.29 is 19.1 Å². The first-order chi connectivity index (χ1) is 14.9. The second kappa shape index (κ2) is 12.1. The zero-order valence-electron chi connectivity index (χ0n) is 17.3. The number of carbonyl (C=O) groups excluding carboxylic acids is 3. The van der Waals surface area contributed by atoms with Gasteiger partial charge in [-0.05, 0) is 37.1 Å². The van der Waals surface area contributed by atoms with Gasteiger partial charge in [0, 0.05) is 30.1 Å². The minimum atomic E-state index is -0.602. The summed E-state index contributed by atoms with van der Waals surface area (Å²) in [5, 5.41) is 13.3. The van der Waals surface area contributed by atoms with Crippen molar-refractivity contribution in [2.45, 2.75) is 38.3 Å². The van der Waals surface area contributed by atoms with Crippen LogP contribution in [-0.4, -0.2) is 41.6 Å². The van der Waals surface area contributed by atoms with Crippen LogP contribution >= 0.6 is 0 Å².